The van der Waals surface area contributed by atoms with Gasteiger partial charge in [-0.3, -0.25) is 14.4 Å². The van der Waals surface area contributed by atoms with Crippen LogP contribution in [-0.4, -0.2) is 56.2 Å². The molecule has 0 fully saturated rings. The number of anilines is 1. The van der Waals surface area contributed by atoms with Crippen molar-refractivity contribution < 1.29 is 24.2 Å². The van der Waals surface area contributed by atoms with Gasteiger partial charge in [-0.05, 0) is 55.0 Å². The minimum Gasteiger partial charge on any atom is -0.493 e. The van der Waals surface area contributed by atoms with Crippen LogP contribution in [0, 0.1) is 0 Å². The van der Waals surface area contributed by atoms with Crippen molar-refractivity contribution in [1.82, 2.24) is 10.6 Å². The number of hydrogen-bond donors (Lipinski definition) is 3. The molecule has 10 heteroatoms. The third kappa shape index (κ3) is 5.23. The Kier molecular flexibility index (Phi) is 7.63. The molecule has 0 aliphatic carbocycles. The number of amides is 3. The Morgan fingerprint density at radius 3 is 2.56 bits per heavy atom. The molecule has 1 atom stereocenters. The van der Waals surface area contributed by atoms with Crippen LogP contribution in [-0.2, 0) is 6.42 Å². The third-order valence-electron chi connectivity index (χ3n) is 5.80. The van der Waals surface area contributed by atoms with Crippen molar-refractivity contribution in [3.63, 3.8) is 0 Å². The van der Waals surface area contributed by atoms with Gasteiger partial charge in [-0.15, -0.1) is 11.3 Å². The molecule has 188 valence electrons. The van der Waals surface area contributed by atoms with Crippen LogP contribution in [0.2, 0.25) is 5.02 Å². The zero-order valence-corrected chi connectivity index (χ0v) is 21.6. The number of aliphatic hydroxyl groups excluding tert-OH is 1. The average molecular weight is 528 g/mol. The highest BCUT2D eigenvalue weighted by molar-refractivity contribution is 7.17. The molecule has 4 rings (SSSR count). The number of ether oxygens (including phenoxy) is 1. The van der Waals surface area contributed by atoms with Crippen LogP contribution >= 0.6 is 22.9 Å². The Morgan fingerprint density at radius 1 is 1.14 bits per heavy atom. The lowest BCUT2D eigenvalue weighted by Gasteiger charge is -2.18. The number of carbonyl (C=O) groups excluding carboxylic acids is 3. The molecule has 0 bridgehead atoms. The summed E-state index contributed by atoms with van der Waals surface area (Å²) in [4.78, 5) is 40.6. The van der Waals surface area contributed by atoms with Crippen LogP contribution in [0.15, 0.2) is 42.5 Å². The topological polar surface area (TPSA) is 108 Å². The highest BCUT2D eigenvalue weighted by atomic mass is 35.5. The maximum Gasteiger partial charge on any atom is 0.268 e. The molecule has 0 radical (unpaired) electrons. The quantitative estimate of drug-likeness (QED) is 0.452. The van der Waals surface area contributed by atoms with Crippen LogP contribution in [0.1, 0.15) is 42.9 Å². The molecule has 2 aromatic carbocycles. The van der Waals surface area contributed by atoms with Gasteiger partial charge in [0.05, 0.1) is 28.3 Å². The molecule has 3 N–H and O–H groups in total. The summed E-state index contributed by atoms with van der Waals surface area (Å²) in [6.45, 7) is 2.14. The Bertz CT molecular complexity index is 1340. The fourth-order valence-corrected chi connectivity index (χ4v) is 5.39. The molecular weight excluding hydrogens is 502 g/mol. The number of aliphatic hydroxyl groups is 1. The number of fused-ring (bicyclic) bond motifs is 3. The molecule has 1 aliphatic rings. The van der Waals surface area contributed by atoms with Gasteiger partial charge in [0.2, 0.25) is 0 Å². The zero-order valence-electron chi connectivity index (χ0n) is 20.1. The zero-order chi connectivity index (χ0) is 26.0. The predicted octanol–water partition coefficient (Wildman–Crippen LogP) is 3.75. The molecule has 1 aromatic heterocycles. The van der Waals surface area contributed by atoms with E-state index in [9.17, 15) is 19.5 Å². The fraction of sp³-hybridized carbons (Fsp3) is 0.269. The summed E-state index contributed by atoms with van der Waals surface area (Å²) >= 11 is 7.80. The molecule has 36 heavy (non-hydrogen) atoms. The third-order valence-corrected chi connectivity index (χ3v) is 7.30. The van der Waals surface area contributed by atoms with E-state index >= 15 is 0 Å². The number of nitrogens with zero attached hydrogens (tertiary/aromatic N) is 1. The lowest BCUT2D eigenvalue weighted by Crippen LogP contribution is -2.30. The van der Waals surface area contributed by atoms with E-state index in [2.05, 4.69) is 10.6 Å². The minimum absolute atomic E-state index is 0.126. The number of hydrogen-bond acceptors (Lipinski definition) is 6. The second kappa shape index (κ2) is 10.7. The summed E-state index contributed by atoms with van der Waals surface area (Å²) in [5.41, 5.74) is 3.15. The summed E-state index contributed by atoms with van der Waals surface area (Å²) in [5.74, 6) is -0.180. The highest BCUT2D eigenvalue weighted by Gasteiger charge is 2.25. The largest absolute Gasteiger partial charge is 0.493 e. The van der Waals surface area contributed by atoms with E-state index in [0.29, 0.717) is 40.5 Å². The fourth-order valence-electron chi connectivity index (χ4n) is 3.87. The lowest BCUT2D eigenvalue weighted by molar-refractivity contribution is 0.0922. The lowest BCUT2D eigenvalue weighted by atomic mass is 10.0. The Labute approximate surface area is 217 Å². The van der Waals surface area contributed by atoms with Gasteiger partial charge >= 0.3 is 0 Å². The summed E-state index contributed by atoms with van der Waals surface area (Å²) in [5, 5.41) is 14.8. The highest BCUT2D eigenvalue weighted by Crippen LogP contribution is 2.42. The summed E-state index contributed by atoms with van der Waals surface area (Å²) < 4.78 is 5.89. The van der Waals surface area contributed by atoms with Gasteiger partial charge in [-0.1, -0.05) is 11.6 Å². The van der Waals surface area contributed by atoms with E-state index in [1.54, 1.807) is 45.3 Å². The maximum atomic E-state index is 13.4. The monoisotopic (exact) mass is 527 g/mol. The maximum absolute atomic E-state index is 13.4. The van der Waals surface area contributed by atoms with E-state index < -0.39 is 6.10 Å². The molecule has 2 heterocycles. The molecule has 0 spiro atoms. The first kappa shape index (κ1) is 25.7. The van der Waals surface area contributed by atoms with Gasteiger partial charge < -0.3 is 25.4 Å². The van der Waals surface area contributed by atoms with E-state index in [1.807, 2.05) is 12.1 Å². The standard InChI is InChI=1S/C26H26ClN3O5S/c1-14(31)13-29-25(33)16-5-7-20(19(27)10-16)30(3)26(34)22-12-15-8-9-35-21-11-17(24(32)28-2)4-6-18(21)23(15)36-22/h4-7,10-12,14,31H,8-9,13H2,1-3H3,(H,28,32)(H,29,33). The molecular formula is C26H26ClN3O5S. The molecule has 8 nitrogen and oxygen atoms in total. The minimum atomic E-state index is -0.662. The van der Waals surface area contributed by atoms with Crippen LogP contribution in [0.5, 0.6) is 5.75 Å². The first-order chi connectivity index (χ1) is 17.2. The van der Waals surface area contributed by atoms with Gasteiger partial charge in [-0.25, -0.2) is 0 Å². The Hall–Kier alpha value is -3.40. The summed E-state index contributed by atoms with van der Waals surface area (Å²) in [7, 11) is 3.21. The van der Waals surface area contributed by atoms with Gasteiger partial charge in [0.1, 0.15) is 5.75 Å². The normalized spacial score (nSPS) is 12.9. The van der Waals surface area contributed by atoms with Crippen molar-refractivity contribution >= 4 is 46.3 Å². The van der Waals surface area contributed by atoms with Gasteiger partial charge in [-0.2, -0.15) is 0 Å². The number of halogens is 1. The molecule has 1 unspecified atom stereocenters. The van der Waals surface area contributed by atoms with E-state index in [1.165, 1.54) is 22.3 Å². The number of thiophene rings is 1. The SMILES string of the molecule is CNC(=O)c1ccc2c(c1)OCCc1cc(C(=O)N(C)c3ccc(C(=O)NCC(C)O)cc3Cl)sc1-2. The average Bonchev–Trinajstić information content (AvgIpc) is 3.21. The smallest absolute Gasteiger partial charge is 0.268 e. The van der Waals surface area contributed by atoms with Crippen molar-refractivity contribution in [2.24, 2.45) is 0 Å². The van der Waals surface area contributed by atoms with Crippen LogP contribution < -0.4 is 20.3 Å². The van der Waals surface area contributed by atoms with Gasteiger partial charge in [0.25, 0.3) is 17.7 Å². The van der Waals surface area contributed by atoms with E-state index in [-0.39, 0.29) is 29.3 Å². The Balaban J connectivity index is 1.58. The molecule has 3 amide bonds. The van der Waals surface area contributed by atoms with Crippen molar-refractivity contribution in [2.45, 2.75) is 19.4 Å². The Morgan fingerprint density at radius 2 is 1.86 bits per heavy atom. The van der Waals surface area contributed by atoms with Gasteiger partial charge in [0, 0.05) is 48.6 Å². The number of nitrogens with one attached hydrogen (secondary N) is 2. The van der Waals surface area contributed by atoms with Crippen molar-refractivity contribution in [3.8, 4) is 16.2 Å². The van der Waals surface area contributed by atoms with E-state index in [0.717, 1.165) is 16.0 Å². The number of rotatable bonds is 6. The predicted molar refractivity (Wildman–Crippen MR) is 141 cm³/mol. The van der Waals surface area contributed by atoms with Crippen molar-refractivity contribution in [1.29, 1.82) is 0 Å². The van der Waals surface area contributed by atoms with Crippen LogP contribution in [0.3, 0.4) is 0 Å². The van der Waals surface area contributed by atoms with E-state index in [4.69, 9.17) is 16.3 Å². The van der Waals surface area contributed by atoms with Crippen molar-refractivity contribution in [2.75, 3.05) is 32.1 Å². The number of benzene rings is 2. The summed E-state index contributed by atoms with van der Waals surface area (Å²) in [6.07, 6.45) is -0.0334. The van der Waals surface area contributed by atoms with Crippen LogP contribution in [0.4, 0.5) is 5.69 Å². The first-order valence-corrected chi connectivity index (χ1v) is 12.5. The molecule has 3 aromatic rings. The summed E-state index contributed by atoms with van der Waals surface area (Å²) in [6, 6.07) is 11.9. The molecule has 0 saturated heterocycles. The molecule has 0 saturated carbocycles. The first-order valence-electron chi connectivity index (χ1n) is 11.4. The molecule has 1 aliphatic heterocycles. The number of carbonyl (C=O) groups is 3. The van der Waals surface area contributed by atoms with Crippen LogP contribution in [0.25, 0.3) is 10.4 Å². The second-order valence-electron chi connectivity index (χ2n) is 8.44. The van der Waals surface area contributed by atoms with Crippen molar-refractivity contribution in [3.05, 3.63) is 69.1 Å². The second-order valence-corrected chi connectivity index (χ2v) is 9.90. The van der Waals surface area contributed by atoms with Gasteiger partial charge in [0.15, 0.2) is 0 Å².